The van der Waals surface area contributed by atoms with Crippen molar-refractivity contribution in [1.29, 1.82) is 0 Å². The van der Waals surface area contributed by atoms with E-state index in [0.717, 1.165) is 0 Å². The molecule has 2 aromatic rings. The van der Waals surface area contributed by atoms with Crippen molar-refractivity contribution in [2.75, 3.05) is 0 Å². The normalized spacial score (nSPS) is 13.7. The molecule has 0 saturated heterocycles. The topological polar surface area (TPSA) is 51.6 Å². The Bertz CT molecular complexity index is 431. The Labute approximate surface area is 106 Å². The third kappa shape index (κ3) is 3.21. The second-order valence-electron chi connectivity index (χ2n) is 3.75. The SMILES string of the molecule is CCC(O)(Oc1ccccc1)Oc1ccccn1. The largest absolute Gasteiger partial charge is 0.430 e. The summed E-state index contributed by atoms with van der Waals surface area (Å²) in [5.41, 5.74) is 0. The van der Waals surface area contributed by atoms with Crippen LogP contribution in [0.1, 0.15) is 13.3 Å². The molecular formula is C14H15NO3. The van der Waals surface area contributed by atoms with Gasteiger partial charge in [0.25, 0.3) is 0 Å². The lowest BCUT2D eigenvalue weighted by atomic mass is 10.3. The maximum atomic E-state index is 10.2. The summed E-state index contributed by atoms with van der Waals surface area (Å²) in [7, 11) is 0. The zero-order chi connectivity index (χ0) is 12.8. The molecule has 1 unspecified atom stereocenters. The Hall–Kier alpha value is -2.07. The number of rotatable bonds is 5. The van der Waals surface area contributed by atoms with Crippen molar-refractivity contribution >= 4 is 0 Å². The monoisotopic (exact) mass is 245 g/mol. The van der Waals surface area contributed by atoms with Crippen molar-refractivity contribution in [3.8, 4) is 11.6 Å². The predicted octanol–water partition coefficient (Wildman–Crippen LogP) is 2.60. The number of ether oxygens (including phenoxy) is 2. The van der Waals surface area contributed by atoms with Crippen LogP contribution in [0.2, 0.25) is 0 Å². The van der Waals surface area contributed by atoms with Crippen LogP contribution in [-0.4, -0.2) is 16.1 Å². The van der Waals surface area contributed by atoms with Crippen molar-refractivity contribution in [2.45, 2.75) is 19.3 Å². The minimum absolute atomic E-state index is 0.276. The van der Waals surface area contributed by atoms with Crippen LogP contribution in [0.15, 0.2) is 54.7 Å². The highest BCUT2D eigenvalue weighted by atomic mass is 16.8. The third-order valence-corrected chi connectivity index (χ3v) is 2.37. The lowest BCUT2D eigenvalue weighted by Gasteiger charge is -2.27. The molecule has 1 aromatic carbocycles. The van der Waals surface area contributed by atoms with Crippen LogP contribution >= 0.6 is 0 Å². The minimum atomic E-state index is -1.71. The molecule has 94 valence electrons. The average Bonchev–Trinajstić information content (AvgIpc) is 2.41. The lowest BCUT2D eigenvalue weighted by Crippen LogP contribution is -2.41. The fourth-order valence-corrected chi connectivity index (χ4v) is 1.41. The first kappa shape index (κ1) is 12.4. The maximum Gasteiger partial charge on any atom is 0.369 e. The van der Waals surface area contributed by atoms with E-state index in [2.05, 4.69) is 4.98 Å². The highest BCUT2D eigenvalue weighted by Gasteiger charge is 2.30. The highest BCUT2D eigenvalue weighted by molar-refractivity contribution is 5.21. The first-order chi connectivity index (χ1) is 8.72. The van der Waals surface area contributed by atoms with Gasteiger partial charge in [-0.25, -0.2) is 4.98 Å². The summed E-state index contributed by atoms with van der Waals surface area (Å²) in [5, 5.41) is 10.2. The molecule has 0 aliphatic rings. The lowest BCUT2D eigenvalue weighted by molar-refractivity contribution is -0.274. The summed E-state index contributed by atoms with van der Waals surface area (Å²) in [4.78, 5) is 3.99. The van der Waals surface area contributed by atoms with E-state index in [1.165, 1.54) is 0 Å². The summed E-state index contributed by atoms with van der Waals surface area (Å²) >= 11 is 0. The second-order valence-corrected chi connectivity index (χ2v) is 3.75. The number of hydrogen-bond donors (Lipinski definition) is 1. The molecule has 0 bridgehead atoms. The Balaban J connectivity index is 2.11. The number of pyridine rings is 1. The summed E-state index contributed by atoms with van der Waals surface area (Å²) in [6.45, 7) is 1.77. The van der Waals surface area contributed by atoms with E-state index < -0.39 is 5.97 Å². The molecule has 18 heavy (non-hydrogen) atoms. The van der Waals surface area contributed by atoms with Gasteiger partial charge in [0, 0.05) is 12.3 Å². The number of benzene rings is 1. The van der Waals surface area contributed by atoms with E-state index in [-0.39, 0.29) is 6.42 Å². The number of nitrogens with zero attached hydrogens (tertiary/aromatic N) is 1. The van der Waals surface area contributed by atoms with Gasteiger partial charge in [-0.05, 0) is 18.2 Å². The number of hydrogen-bond acceptors (Lipinski definition) is 4. The van der Waals surface area contributed by atoms with E-state index in [9.17, 15) is 5.11 Å². The Morgan fingerprint density at radius 3 is 2.39 bits per heavy atom. The Morgan fingerprint density at radius 2 is 1.78 bits per heavy atom. The molecule has 4 nitrogen and oxygen atoms in total. The summed E-state index contributed by atoms with van der Waals surface area (Å²) < 4.78 is 10.8. The van der Waals surface area contributed by atoms with E-state index in [1.54, 1.807) is 43.5 Å². The van der Waals surface area contributed by atoms with Gasteiger partial charge in [0.1, 0.15) is 5.75 Å². The molecule has 0 aliphatic heterocycles. The van der Waals surface area contributed by atoms with Crippen LogP contribution in [0.4, 0.5) is 0 Å². The number of aliphatic hydroxyl groups is 1. The zero-order valence-electron chi connectivity index (χ0n) is 10.1. The van der Waals surface area contributed by atoms with Gasteiger partial charge in [0.2, 0.25) is 5.88 Å². The molecular weight excluding hydrogens is 230 g/mol. The summed E-state index contributed by atoms with van der Waals surface area (Å²) in [5.74, 6) is -0.856. The minimum Gasteiger partial charge on any atom is -0.430 e. The van der Waals surface area contributed by atoms with Crippen molar-refractivity contribution in [3.63, 3.8) is 0 Å². The van der Waals surface area contributed by atoms with Gasteiger partial charge in [0.05, 0.1) is 6.42 Å². The van der Waals surface area contributed by atoms with E-state index in [4.69, 9.17) is 9.47 Å². The van der Waals surface area contributed by atoms with Crippen molar-refractivity contribution in [3.05, 3.63) is 54.7 Å². The highest BCUT2D eigenvalue weighted by Crippen LogP contribution is 2.22. The zero-order valence-corrected chi connectivity index (χ0v) is 10.1. The van der Waals surface area contributed by atoms with Gasteiger partial charge in [-0.3, -0.25) is 0 Å². The van der Waals surface area contributed by atoms with E-state index in [1.807, 2.05) is 18.2 Å². The smallest absolute Gasteiger partial charge is 0.369 e. The first-order valence-electron chi connectivity index (χ1n) is 5.78. The predicted molar refractivity (Wildman–Crippen MR) is 67.2 cm³/mol. The molecule has 1 N–H and O–H groups in total. The molecule has 1 aromatic heterocycles. The molecule has 4 heteroatoms. The van der Waals surface area contributed by atoms with E-state index in [0.29, 0.717) is 11.6 Å². The van der Waals surface area contributed by atoms with Gasteiger partial charge < -0.3 is 14.6 Å². The van der Waals surface area contributed by atoms with Gasteiger partial charge >= 0.3 is 5.97 Å². The second kappa shape index (κ2) is 5.51. The van der Waals surface area contributed by atoms with Crippen molar-refractivity contribution < 1.29 is 14.6 Å². The van der Waals surface area contributed by atoms with Crippen molar-refractivity contribution in [2.24, 2.45) is 0 Å². The molecule has 0 amide bonds. The molecule has 0 radical (unpaired) electrons. The van der Waals surface area contributed by atoms with Crippen molar-refractivity contribution in [1.82, 2.24) is 4.98 Å². The van der Waals surface area contributed by atoms with Crippen LogP contribution in [-0.2, 0) is 0 Å². The fourth-order valence-electron chi connectivity index (χ4n) is 1.41. The van der Waals surface area contributed by atoms with Gasteiger partial charge in [-0.1, -0.05) is 31.2 Å². The first-order valence-corrected chi connectivity index (χ1v) is 5.78. The standard InChI is InChI=1S/C14H15NO3/c1-2-14(16,17-12-8-4-3-5-9-12)18-13-10-6-7-11-15-13/h3-11,16H,2H2,1H3. The third-order valence-electron chi connectivity index (χ3n) is 2.37. The van der Waals surface area contributed by atoms with Crippen LogP contribution in [0, 0.1) is 0 Å². The van der Waals surface area contributed by atoms with Crippen LogP contribution < -0.4 is 9.47 Å². The molecule has 1 atom stereocenters. The van der Waals surface area contributed by atoms with Gasteiger partial charge in [-0.2, -0.15) is 0 Å². The Morgan fingerprint density at radius 1 is 1.06 bits per heavy atom. The van der Waals surface area contributed by atoms with Gasteiger partial charge in [0.15, 0.2) is 0 Å². The quantitative estimate of drug-likeness (QED) is 0.823. The van der Waals surface area contributed by atoms with Crippen LogP contribution in [0.5, 0.6) is 11.6 Å². The summed E-state index contributed by atoms with van der Waals surface area (Å²) in [6.07, 6.45) is 1.87. The maximum absolute atomic E-state index is 10.2. The van der Waals surface area contributed by atoms with Crippen LogP contribution in [0.25, 0.3) is 0 Å². The molecule has 0 fully saturated rings. The molecule has 1 heterocycles. The fraction of sp³-hybridized carbons (Fsp3) is 0.214. The molecule has 0 spiro atoms. The number of para-hydroxylation sites is 1. The van der Waals surface area contributed by atoms with Gasteiger partial charge in [-0.15, -0.1) is 0 Å². The average molecular weight is 245 g/mol. The van der Waals surface area contributed by atoms with Crippen LogP contribution in [0.3, 0.4) is 0 Å². The summed E-state index contributed by atoms with van der Waals surface area (Å²) in [6, 6.07) is 14.2. The number of aromatic nitrogens is 1. The molecule has 0 aliphatic carbocycles. The van der Waals surface area contributed by atoms with E-state index >= 15 is 0 Å². The Kier molecular flexibility index (Phi) is 3.79. The molecule has 0 saturated carbocycles. The molecule has 2 rings (SSSR count).